The van der Waals surface area contributed by atoms with Crippen molar-refractivity contribution in [1.82, 2.24) is 0 Å². The van der Waals surface area contributed by atoms with E-state index in [0.717, 1.165) is 26.9 Å². The molecule has 2 aromatic carbocycles. The van der Waals surface area contributed by atoms with E-state index in [-0.39, 0.29) is 0 Å². The third-order valence-corrected chi connectivity index (χ3v) is 4.51. The van der Waals surface area contributed by atoms with Gasteiger partial charge in [-0.25, -0.2) is 0 Å². The Kier molecular flexibility index (Phi) is 3.68. The van der Waals surface area contributed by atoms with E-state index in [1.807, 2.05) is 37.3 Å². The zero-order valence-corrected chi connectivity index (χ0v) is 12.6. The molecule has 0 fully saturated rings. The van der Waals surface area contributed by atoms with Crippen LogP contribution in [0.2, 0.25) is 5.02 Å². The van der Waals surface area contributed by atoms with Gasteiger partial charge in [0.2, 0.25) is 0 Å². The Morgan fingerprint density at radius 3 is 2.65 bits per heavy atom. The van der Waals surface area contributed by atoms with E-state index < -0.39 is 0 Å². The summed E-state index contributed by atoms with van der Waals surface area (Å²) in [6.45, 7) is 3.22. The molecule has 104 valence electrons. The summed E-state index contributed by atoms with van der Waals surface area (Å²) in [5.41, 5.74) is 7.51. The van der Waals surface area contributed by atoms with E-state index in [9.17, 15) is 0 Å². The van der Waals surface area contributed by atoms with Crippen molar-refractivity contribution in [1.29, 1.82) is 0 Å². The number of aryl methyl sites for hydroxylation is 1. The van der Waals surface area contributed by atoms with Gasteiger partial charge in [-0.15, -0.1) is 0 Å². The number of benzene rings is 2. The number of ether oxygens (including phenoxy) is 2. The average Bonchev–Trinajstić information content (AvgIpc) is 2.44. The van der Waals surface area contributed by atoms with Crippen LogP contribution in [0.1, 0.15) is 5.56 Å². The van der Waals surface area contributed by atoms with Crippen LogP contribution in [0.3, 0.4) is 0 Å². The highest BCUT2D eigenvalue weighted by atomic mass is 35.5. The van der Waals surface area contributed by atoms with Crippen LogP contribution in [0.25, 0.3) is 0 Å². The van der Waals surface area contributed by atoms with Gasteiger partial charge in [0.05, 0.1) is 10.7 Å². The molecule has 0 amide bonds. The summed E-state index contributed by atoms with van der Waals surface area (Å²) < 4.78 is 11.1. The molecule has 0 saturated carbocycles. The number of hydrogen-bond donors (Lipinski definition) is 1. The first-order chi connectivity index (χ1) is 9.63. The topological polar surface area (TPSA) is 44.5 Å². The van der Waals surface area contributed by atoms with Crippen molar-refractivity contribution in [3.05, 3.63) is 40.9 Å². The van der Waals surface area contributed by atoms with Crippen LogP contribution >= 0.6 is 23.4 Å². The number of anilines is 1. The first-order valence-corrected chi connectivity index (χ1v) is 7.46. The Morgan fingerprint density at radius 2 is 1.85 bits per heavy atom. The smallest absolute Gasteiger partial charge is 0.162 e. The van der Waals surface area contributed by atoms with Gasteiger partial charge >= 0.3 is 0 Å². The predicted octanol–water partition coefficient (Wildman–Crippen LogP) is 4.15. The van der Waals surface area contributed by atoms with Crippen LogP contribution in [0.5, 0.6) is 11.5 Å². The van der Waals surface area contributed by atoms with Crippen molar-refractivity contribution in [3.63, 3.8) is 0 Å². The molecular weight excluding hydrogens is 294 g/mol. The van der Waals surface area contributed by atoms with E-state index >= 15 is 0 Å². The number of fused-ring (bicyclic) bond motifs is 1. The van der Waals surface area contributed by atoms with Crippen LogP contribution in [0, 0.1) is 6.92 Å². The second-order valence-electron chi connectivity index (χ2n) is 4.55. The molecule has 0 radical (unpaired) electrons. The molecule has 3 rings (SSSR count). The number of nitrogens with two attached hydrogens (primary N) is 1. The number of halogens is 1. The van der Waals surface area contributed by atoms with Crippen molar-refractivity contribution in [2.75, 3.05) is 18.9 Å². The van der Waals surface area contributed by atoms with Gasteiger partial charge in [-0.2, -0.15) is 0 Å². The molecule has 0 aromatic heterocycles. The molecule has 3 nitrogen and oxygen atoms in total. The third-order valence-electron chi connectivity index (χ3n) is 3.04. The van der Waals surface area contributed by atoms with E-state index in [2.05, 4.69) is 0 Å². The maximum atomic E-state index is 6.08. The highest BCUT2D eigenvalue weighted by molar-refractivity contribution is 7.99. The van der Waals surface area contributed by atoms with Gasteiger partial charge in [0.15, 0.2) is 11.5 Å². The summed E-state index contributed by atoms with van der Waals surface area (Å²) in [6, 6.07) is 9.73. The monoisotopic (exact) mass is 307 g/mol. The van der Waals surface area contributed by atoms with Gasteiger partial charge < -0.3 is 15.2 Å². The SMILES string of the molecule is Cc1cc(N)c(Cl)cc1Sc1ccc2c(c1)OCCO2. The lowest BCUT2D eigenvalue weighted by atomic mass is 10.2. The molecule has 2 N–H and O–H groups in total. The Labute approximate surface area is 127 Å². The summed E-state index contributed by atoms with van der Waals surface area (Å²) in [5.74, 6) is 1.59. The van der Waals surface area contributed by atoms with Crippen molar-refractivity contribution in [2.45, 2.75) is 16.7 Å². The molecule has 0 atom stereocenters. The minimum atomic E-state index is 0.579. The molecule has 1 aliphatic heterocycles. The van der Waals surface area contributed by atoms with Crippen molar-refractivity contribution in [3.8, 4) is 11.5 Å². The quantitative estimate of drug-likeness (QED) is 0.846. The standard InChI is InChI=1S/C15H14ClNO2S/c1-9-6-12(17)11(16)8-15(9)20-10-2-3-13-14(7-10)19-5-4-18-13/h2-3,6-8H,4-5,17H2,1H3. The summed E-state index contributed by atoms with van der Waals surface area (Å²) >= 11 is 7.72. The molecular formula is C15H14ClNO2S. The molecule has 0 saturated heterocycles. The summed E-state index contributed by atoms with van der Waals surface area (Å²) in [6.07, 6.45) is 0. The van der Waals surface area contributed by atoms with Gasteiger partial charge in [0.25, 0.3) is 0 Å². The van der Waals surface area contributed by atoms with Crippen LogP contribution in [-0.2, 0) is 0 Å². The lowest BCUT2D eigenvalue weighted by molar-refractivity contribution is 0.171. The molecule has 5 heteroatoms. The normalized spacial score (nSPS) is 13.3. The Hall–Kier alpha value is -1.52. The molecule has 0 aliphatic carbocycles. The first kappa shape index (κ1) is 13.5. The molecule has 20 heavy (non-hydrogen) atoms. The van der Waals surface area contributed by atoms with E-state index in [4.69, 9.17) is 26.8 Å². The number of rotatable bonds is 2. The van der Waals surface area contributed by atoms with Gasteiger partial charge in [-0.05, 0) is 42.8 Å². The van der Waals surface area contributed by atoms with E-state index in [1.54, 1.807) is 11.8 Å². The zero-order chi connectivity index (χ0) is 14.1. The molecule has 2 aromatic rings. The van der Waals surface area contributed by atoms with Crippen LogP contribution in [0.4, 0.5) is 5.69 Å². The fraction of sp³-hybridized carbons (Fsp3) is 0.200. The van der Waals surface area contributed by atoms with E-state index in [0.29, 0.717) is 23.9 Å². The average molecular weight is 308 g/mol. The molecule has 1 heterocycles. The highest BCUT2D eigenvalue weighted by Gasteiger charge is 2.13. The number of hydrogen-bond acceptors (Lipinski definition) is 4. The highest BCUT2D eigenvalue weighted by Crippen LogP contribution is 2.39. The fourth-order valence-electron chi connectivity index (χ4n) is 2.01. The largest absolute Gasteiger partial charge is 0.486 e. The van der Waals surface area contributed by atoms with Gasteiger partial charge in [-0.3, -0.25) is 0 Å². The molecule has 0 unspecified atom stereocenters. The third kappa shape index (κ3) is 2.67. The van der Waals surface area contributed by atoms with Crippen LogP contribution < -0.4 is 15.2 Å². The molecule has 1 aliphatic rings. The minimum Gasteiger partial charge on any atom is -0.486 e. The lowest BCUT2D eigenvalue weighted by Gasteiger charge is -2.19. The second-order valence-corrected chi connectivity index (χ2v) is 6.07. The fourth-order valence-corrected chi connectivity index (χ4v) is 3.19. The summed E-state index contributed by atoms with van der Waals surface area (Å²) in [5, 5.41) is 0.579. The van der Waals surface area contributed by atoms with E-state index in [1.165, 1.54) is 0 Å². The van der Waals surface area contributed by atoms with Crippen LogP contribution in [-0.4, -0.2) is 13.2 Å². The van der Waals surface area contributed by atoms with Crippen LogP contribution in [0.15, 0.2) is 40.1 Å². The van der Waals surface area contributed by atoms with Gasteiger partial charge in [0, 0.05) is 9.79 Å². The summed E-state index contributed by atoms with van der Waals surface area (Å²) in [4.78, 5) is 2.17. The Bertz CT molecular complexity index is 661. The Balaban J connectivity index is 1.89. The zero-order valence-electron chi connectivity index (χ0n) is 11.0. The van der Waals surface area contributed by atoms with Crippen molar-refractivity contribution >= 4 is 29.1 Å². The lowest BCUT2D eigenvalue weighted by Crippen LogP contribution is -2.15. The Morgan fingerprint density at radius 1 is 1.10 bits per heavy atom. The van der Waals surface area contributed by atoms with Crippen molar-refractivity contribution < 1.29 is 9.47 Å². The summed E-state index contributed by atoms with van der Waals surface area (Å²) in [7, 11) is 0. The minimum absolute atomic E-state index is 0.579. The maximum Gasteiger partial charge on any atom is 0.162 e. The van der Waals surface area contributed by atoms with Crippen molar-refractivity contribution in [2.24, 2.45) is 0 Å². The molecule has 0 spiro atoms. The maximum absolute atomic E-state index is 6.08. The van der Waals surface area contributed by atoms with Gasteiger partial charge in [0.1, 0.15) is 13.2 Å². The molecule has 0 bridgehead atoms. The van der Waals surface area contributed by atoms with Gasteiger partial charge in [-0.1, -0.05) is 23.4 Å². The first-order valence-electron chi connectivity index (χ1n) is 6.26. The number of nitrogen functional groups attached to an aromatic ring is 1. The predicted molar refractivity (Wildman–Crippen MR) is 82.2 cm³/mol. The second kappa shape index (κ2) is 5.46.